The molecule has 104 valence electrons. The second-order valence-electron chi connectivity index (χ2n) is 5.83. The number of likely N-dealkylation sites (N-methyl/N-ethyl adjacent to an activating group) is 1. The lowest BCUT2D eigenvalue weighted by Crippen LogP contribution is -2.49. The number of carbonyl (C=O) groups is 1. The molecule has 2 unspecified atom stereocenters. The first-order valence-corrected chi connectivity index (χ1v) is 6.95. The normalized spacial score (nSPS) is 30.1. The molecular weight excluding hydrogens is 228 g/mol. The third-order valence-electron chi connectivity index (χ3n) is 4.14. The van der Waals surface area contributed by atoms with E-state index < -0.39 is 0 Å². The monoisotopic (exact) mass is 254 g/mol. The molecule has 1 N–H and O–H groups in total. The summed E-state index contributed by atoms with van der Waals surface area (Å²) in [4.78, 5) is 18.8. The summed E-state index contributed by atoms with van der Waals surface area (Å²) < 4.78 is 0. The van der Waals surface area contributed by atoms with E-state index in [0.29, 0.717) is 24.4 Å². The first-order valence-electron chi connectivity index (χ1n) is 6.95. The molecule has 0 aromatic heterocycles. The Kier molecular flexibility index (Phi) is 4.59. The molecule has 0 aromatic carbocycles. The minimum absolute atomic E-state index is 0.295. The van der Waals surface area contributed by atoms with Crippen molar-refractivity contribution in [2.45, 2.75) is 13.0 Å². The van der Waals surface area contributed by atoms with E-state index >= 15 is 0 Å². The molecule has 2 heterocycles. The van der Waals surface area contributed by atoms with Gasteiger partial charge in [-0.1, -0.05) is 6.92 Å². The maximum absolute atomic E-state index is 12.2. The Balaban J connectivity index is 1.81. The summed E-state index contributed by atoms with van der Waals surface area (Å²) in [5.41, 5.74) is 0. The molecule has 0 radical (unpaired) electrons. The highest BCUT2D eigenvalue weighted by Crippen LogP contribution is 2.19. The number of hydrogen-bond donors (Lipinski definition) is 1. The van der Waals surface area contributed by atoms with Crippen molar-refractivity contribution in [2.75, 3.05) is 59.9 Å². The minimum atomic E-state index is 0.295. The number of carbonyl (C=O) groups excluding carboxylic acids is 1. The molecule has 0 aromatic rings. The van der Waals surface area contributed by atoms with Crippen LogP contribution >= 0.6 is 0 Å². The Labute approximate surface area is 110 Å². The molecule has 2 rings (SSSR count). The minimum Gasteiger partial charge on any atom is -0.339 e. The number of nitrogens with one attached hydrogen (secondary N) is 1. The smallest absolute Gasteiger partial charge is 0.236 e. The third-order valence-corrected chi connectivity index (χ3v) is 4.14. The van der Waals surface area contributed by atoms with Crippen LogP contribution in [0.3, 0.4) is 0 Å². The Bertz CT molecular complexity index is 289. The Morgan fingerprint density at radius 1 is 1.28 bits per heavy atom. The summed E-state index contributed by atoms with van der Waals surface area (Å²) in [6, 6.07) is 0.584. The van der Waals surface area contributed by atoms with Crippen LogP contribution in [0.5, 0.6) is 0 Å². The quantitative estimate of drug-likeness (QED) is 0.723. The second kappa shape index (κ2) is 5.99. The lowest BCUT2D eigenvalue weighted by Gasteiger charge is -2.29. The number of amides is 1. The number of likely N-dealkylation sites (tertiary alicyclic amines) is 1. The predicted octanol–water partition coefficient (Wildman–Crippen LogP) is -0.700. The predicted molar refractivity (Wildman–Crippen MR) is 72.5 cm³/mol. The highest BCUT2D eigenvalue weighted by atomic mass is 16.2. The van der Waals surface area contributed by atoms with Gasteiger partial charge >= 0.3 is 0 Å². The molecule has 1 amide bonds. The van der Waals surface area contributed by atoms with Gasteiger partial charge in [0.25, 0.3) is 0 Å². The van der Waals surface area contributed by atoms with Crippen molar-refractivity contribution in [1.29, 1.82) is 0 Å². The van der Waals surface area contributed by atoms with Gasteiger partial charge in [0.2, 0.25) is 5.91 Å². The van der Waals surface area contributed by atoms with Gasteiger partial charge in [-0.05, 0) is 20.0 Å². The molecule has 2 saturated heterocycles. The summed E-state index contributed by atoms with van der Waals surface area (Å²) >= 11 is 0. The van der Waals surface area contributed by atoms with Gasteiger partial charge in [0.15, 0.2) is 0 Å². The zero-order valence-electron chi connectivity index (χ0n) is 11.9. The first kappa shape index (κ1) is 13.8. The van der Waals surface area contributed by atoms with Crippen LogP contribution in [-0.2, 0) is 4.79 Å². The second-order valence-corrected chi connectivity index (χ2v) is 5.83. The zero-order valence-corrected chi connectivity index (χ0v) is 11.9. The van der Waals surface area contributed by atoms with Crippen LogP contribution in [0, 0.1) is 5.92 Å². The van der Waals surface area contributed by atoms with Crippen LogP contribution in [0.2, 0.25) is 0 Å². The fourth-order valence-corrected chi connectivity index (χ4v) is 3.05. The highest BCUT2D eigenvalue weighted by Gasteiger charge is 2.32. The Morgan fingerprint density at radius 3 is 2.50 bits per heavy atom. The Hall–Kier alpha value is -0.650. The van der Waals surface area contributed by atoms with E-state index in [1.165, 1.54) is 0 Å². The summed E-state index contributed by atoms with van der Waals surface area (Å²) in [6.45, 7) is 8.52. The topological polar surface area (TPSA) is 38.8 Å². The van der Waals surface area contributed by atoms with Gasteiger partial charge in [0.05, 0.1) is 6.54 Å². The molecule has 2 aliphatic rings. The fourth-order valence-electron chi connectivity index (χ4n) is 3.05. The van der Waals surface area contributed by atoms with Crippen LogP contribution in [0.4, 0.5) is 0 Å². The first-order chi connectivity index (χ1) is 8.58. The van der Waals surface area contributed by atoms with Crippen molar-refractivity contribution in [3.8, 4) is 0 Å². The van der Waals surface area contributed by atoms with Crippen molar-refractivity contribution in [1.82, 2.24) is 20.0 Å². The molecule has 5 heteroatoms. The van der Waals surface area contributed by atoms with Crippen molar-refractivity contribution >= 4 is 5.91 Å². The number of hydrogen-bond acceptors (Lipinski definition) is 4. The van der Waals surface area contributed by atoms with Crippen molar-refractivity contribution < 1.29 is 4.79 Å². The highest BCUT2D eigenvalue weighted by molar-refractivity contribution is 5.78. The lowest BCUT2D eigenvalue weighted by molar-refractivity contribution is -0.132. The summed E-state index contributed by atoms with van der Waals surface area (Å²) in [6.07, 6.45) is 0. The Morgan fingerprint density at radius 2 is 1.94 bits per heavy atom. The van der Waals surface area contributed by atoms with E-state index in [0.717, 1.165) is 39.3 Å². The molecule has 2 fully saturated rings. The number of rotatable bonds is 3. The van der Waals surface area contributed by atoms with Crippen molar-refractivity contribution in [3.63, 3.8) is 0 Å². The van der Waals surface area contributed by atoms with Gasteiger partial charge in [-0.15, -0.1) is 0 Å². The number of piperazine rings is 1. The molecular formula is C13H26N4O. The van der Waals surface area contributed by atoms with Crippen LogP contribution < -0.4 is 5.32 Å². The van der Waals surface area contributed by atoms with Gasteiger partial charge < -0.3 is 15.1 Å². The molecule has 5 nitrogen and oxygen atoms in total. The zero-order chi connectivity index (χ0) is 13.1. The van der Waals surface area contributed by atoms with E-state index in [9.17, 15) is 4.79 Å². The van der Waals surface area contributed by atoms with Crippen LogP contribution in [0.1, 0.15) is 6.92 Å². The van der Waals surface area contributed by atoms with E-state index in [-0.39, 0.29) is 0 Å². The van der Waals surface area contributed by atoms with Crippen molar-refractivity contribution in [2.24, 2.45) is 5.92 Å². The van der Waals surface area contributed by atoms with Crippen LogP contribution in [0.25, 0.3) is 0 Å². The van der Waals surface area contributed by atoms with Gasteiger partial charge in [-0.2, -0.15) is 0 Å². The SMILES string of the molecule is CC1CN(CC(=O)N2CCNCC2)CC1N(C)C. The molecule has 0 bridgehead atoms. The molecule has 2 aliphatic heterocycles. The molecule has 18 heavy (non-hydrogen) atoms. The molecule has 0 aliphatic carbocycles. The molecule has 2 atom stereocenters. The lowest BCUT2D eigenvalue weighted by atomic mass is 10.1. The maximum atomic E-state index is 12.2. The average molecular weight is 254 g/mol. The van der Waals surface area contributed by atoms with Crippen molar-refractivity contribution in [3.05, 3.63) is 0 Å². The third kappa shape index (κ3) is 3.22. The van der Waals surface area contributed by atoms with E-state index in [1.54, 1.807) is 0 Å². The van der Waals surface area contributed by atoms with Crippen LogP contribution in [0.15, 0.2) is 0 Å². The van der Waals surface area contributed by atoms with Gasteiger partial charge in [-0.3, -0.25) is 9.69 Å². The summed E-state index contributed by atoms with van der Waals surface area (Å²) in [7, 11) is 4.26. The summed E-state index contributed by atoms with van der Waals surface area (Å²) in [5.74, 6) is 0.943. The average Bonchev–Trinajstić information content (AvgIpc) is 2.71. The summed E-state index contributed by atoms with van der Waals surface area (Å²) in [5, 5.41) is 3.28. The van der Waals surface area contributed by atoms with E-state index in [1.807, 2.05) is 4.90 Å². The number of nitrogens with zero attached hydrogens (tertiary/aromatic N) is 3. The molecule has 0 saturated carbocycles. The van der Waals surface area contributed by atoms with Crippen LogP contribution in [-0.4, -0.2) is 86.6 Å². The van der Waals surface area contributed by atoms with Gasteiger partial charge in [0.1, 0.15) is 0 Å². The van der Waals surface area contributed by atoms with E-state index in [2.05, 4.69) is 36.1 Å². The van der Waals surface area contributed by atoms with Gasteiger partial charge in [-0.25, -0.2) is 0 Å². The van der Waals surface area contributed by atoms with Gasteiger partial charge in [0, 0.05) is 45.3 Å². The van der Waals surface area contributed by atoms with E-state index in [4.69, 9.17) is 0 Å². The maximum Gasteiger partial charge on any atom is 0.236 e. The standard InChI is InChI=1S/C13H26N4O/c1-11-8-16(9-12(11)15(2)3)10-13(18)17-6-4-14-5-7-17/h11-12,14H,4-10H2,1-3H3. The fraction of sp³-hybridized carbons (Fsp3) is 0.923. The molecule has 0 spiro atoms. The largest absolute Gasteiger partial charge is 0.339 e.